The first kappa shape index (κ1) is 23.5. The number of hydrazine groups is 1. The molecule has 2 aromatic rings. The summed E-state index contributed by atoms with van der Waals surface area (Å²) < 4.78 is 23.4. The molecule has 0 saturated carbocycles. The largest absolute Gasteiger partial charge is 0.393 e. The van der Waals surface area contributed by atoms with Crippen LogP contribution in [-0.2, 0) is 21.1 Å². The zero-order valence-electron chi connectivity index (χ0n) is 17.8. The molecule has 0 spiro atoms. The summed E-state index contributed by atoms with van der Waals surface area (Å²) in [6.45, 7) is 2.04. The van der Waals surface area contributed by atoms with Crippen molar-refractivity contribution in [2.45, 2.75) is 36.7 Å². The van der Waals surface area contributed by atoms with Gasteiger partial charge in [-0.1, -0.05) is 35.3 Å². The van der Waals surface area contributed by atoms with E-state index in [1.165, 1.54) is 6.26 Å². The van der Waals surface area contributed by atoms with Crippen LogP contribution in [0, 0.1) is 5.92 Å². The second kappa shape index (κ2) is 9.31. The molecule has 2 fully saturated rings. The normalized spacial score (nSPS) is 20.8. The number of carbonyl (C=O) groups excluding carboxylic acids is 1. The number of amides is 1. The van der Waals surface area contributed by atoms with Crippen LogP contribution in [0.4, 0.5) is 0 Å². The Labute approximate surface area is 198 Å². The van der Waals surface area contributed by atoms with Crippen molar-refractivity contribution < 1.29 is 18.3 Å². The van der Waals surface area contributed by atoms with Crippen LogP contribution in [0.2, 0.25) is 10.0 Å². The molecule has 0 aromatic heterocycles. The van der Waals surface area contributed by atoms with Gasteiger partial charge in [-0.25, -0.2) is 13.4 Å². The molecule has 2 heterocycles. The first-order chi connectivity index (χ1) is 15.1. The van der Waals surface area contributed by atoms with Gasteiger partial charge in [0.1, 0.15) is 0 Å². The van der Waals surface area contributed by atoms with Crippen LogP contribution in [0.3, 0.4) is 0 Å². The minimum Gasteiger partial charge on any atom is -0.393 e. The second-order valence-electron chi connectivity index (χ2n) is 8.55. The monoisotopic (exact) mass is 496 g/mol. The number of sulfone groups is 1. The van der Waals surface area contributed by atoms with Gasteiger partial charge in [-0.2, -0.15) is 0 Å². The van der Waals surface area contributed by atoms with Crippen LogP contribution in [0.15, 0.2) is 41.3 Å². The van der Waals surface area contributed by atoms with E-state index in [9.17, 15) is 18.3 Å². The summed E-state index contributed by atoms with van der Waals surface area (Å²) in [5.74, 6) is -0.106. The number of aliphatic hydroxyl groups excluding tert-OH is 1. The third-order valence-corrected chi connectivity index (χ3v) is 8.09. The van der Waals surface area contributed by atoms with Crippen LogP contribution in [0.1, 0.15) is 24.8 Å². The molecule has 1 N–H and O–H groups in total. The predicted octanol–water partition coefficient (Wildman–Crippen LogP) is 3.83. The number of rotatable bonds is 5. The Bertz CT molecular complexity index is 1090. The molecular weight excluding hydrogens is 471 g/mol. The van der Waals surface area contributed by atoms with Crippen molar-refractivity contribution in [3.8, 4) is 11.1 Å². The van der Waals surface area contributed by atoms with E-state index in [4.69, 9.17) is 23.2 Å². The second-order valence-corrected chi connectivity index (χ2v) is 11.4. The molecule has 0 aliphatic carbocycles. The number of aliphatic hydroxyl groups is 1. The fourth-order valence-corrected chi connectivity index (χ4v) is 5.66. The van der Waals surface area contributed by atoms with E-state index in [2.05, 4.69) is 0 Å². The molecule has 9 heteroatoms. The lowest BCUT2D eigenvalue weighted by Crippen LogP contribution is -2.49. The number of hydrogen-bond donors (Lipinski definition) is 1. The quantitative estimate of drug-likeness (QED) is 0.680. The van der Waals surface area contributed by atoms with Crippen molar-refractivity contribution in [1.29, 1.82) is 0 Å². The summed E-state index contributed by atoms with van der Waals surface area (Å²) in [5, 5.41) is 14.6. The van der Waals surface area contributed by atoms with Crippen LogP contribution < -0.4 is 0 Å². The van der Waals surface area contributed by atoms with Crippen molar-refractivity contribution in [2.24, 2.45) is 5.92 Å². The maximum Gasteiger partial charge on any atom is 0.240 e. The van der Waals surface area contributed by atoms with E-state index in [0.29, 0.717) is 48.9 Å². The smallest absolute Gasteiger partial charge is 0.240 e. The topological polar surface area (TPSA) is 77.9 Å². The number of piperidine rings is 1. The molecule has 32 heavy (non-hydrogen) atoms. The summed E-state index contributed by atoms with van der Waals surface area (Å²) >= 11 is 13.1. The van der Waals surface area contributed by atoms with Crippen LogP contribution in [-0.4, -0.2) is 61.4 Å². The van der Waals surface area contributed by atoms with Crippen molar-refractivity contribution in [3.63, 3.8) is 0 Å². The molecule has 0 radical (unpaired) electrons. The molecule has 172 valence electrons. The zero-order valence-corrected chi connectivity index (χ0v) is 20.1. The zero-order chi connectivity index (χ0) is 23.0. The van der Waals surface area contributed by atoms with Gasteiger partial charge < -0.3 is 5.11 Å². The average Bonchev–Trinajstić information content (AvgIpc) is 3.11. The van der Waals surface area contributed by atoms with Crippen molar-refractivity contribution in [2.75, 3.05) is 25.9 Å². The van der Waals surface area contributed by atoms with Gasteiger partial charge in [-0.15, -0.1) is 0 Å². The first-order valence-corrected chi connectivity index (χ1v) is 13.3. The van der Waals surface area contributed by atoms with Crippen LogP contribution >= 0.6 is 23.2 Å². The number of benzene rings is 2. The molecule has 1 atom stereocenters. The summed E-state index contributed by atoms with van der Waals surface area (Å²) in [4.78, 5) is 13.3. The molecule has 0 unspecified atom stereocenters. The van der Waals surface area contributed by atoms with Crippen molar-refractivity contribution >= 4 is 38.9 Å². The van der Waals surface area contributed by atoms with Gasteiger partial charge in [0, 0.05) is 41.9 Å². The average molecular weight is 497 g/mol. The highest BCUT2D eigenvalue weighted by atomic mass is 35.5. The van der Waals surface area contributed by atoms with Gasteiger partial charge in [-0.05, 0) is 66.6 Å². The van der Waals surface area contributed by atoms with Gasteiger partial charge >= 0.3 is 0 Å². The minimum absolute atomic E-state index is 0.0777. The van der Waals surface area contributed by atoms with Gasteiger partial charge in [-0.3, -0.25) is 9.80 Å². The van der Waals surface area contributed by atoms with Gasteiger partial charge in [0.2, 0.25) is 5.91 Å². The molecule has 0 bridgehead atoms. The lowest BCUT2D eigenvalue weighted by molar-refractivity contribution is -0.149. The maximum atomic E-state index is 13.0. The number of carbonyl (C=O) groups is 1. The van der Waals surface area contributed by atoms with E-state index < -0.39 is 9.84 Å². The van der Waals surface area contributed by atoms with E-state index in [1.807, 2.05) is 10.0 Å². The SMILES string of the molecule is CS(=O)(=O)c1ccc(-c2cc(Cl)c(C[C@@H]3CCN(N4CCC(O)CC4)C3=O)c(Cl)c2)cc1. The van der Waals surface area contributed by atoms with E-state index in [1.54, 1.807) is 36.4 Å². The molecule has 2 aromatic carbocycles. The standard InChI is InChI=1S/C23H26Cl2N2O4S/c1-32(30,31)19-4-2-15(3-5-19)17-13-21(24)20(22(25)14-17)12-16-6-11-27(23(16)29)26-9-7-18(28)8-10-26/h2-5,13-14,16,18,28H,6-12H2,1H3/t16-/m0/s1. The molecule has 6 nitrogen and oxygen atoms in total. The lowest BCUT2D eigenvalue weighted by atomic mass is 9.95. The highest BCUT2D eigenvalue weighted by Crippen LogP contribution is 2.36. The minimum atomic E-state index is -3.26. The Morgan fingerprint density at radius 1 is 0.969 bits per heavy atom. The third kappa shape index (κ3) is 4.97. The third-order valence-electron chi connectivity index (χ3n) is 6.28. The summed E-state index contributed by atoms with van der Waals surface area (Å²) in [5.41, 5.74) is 2.34. The Morgan fingerprint density at radius 2 is 1.56 bits per heavy atom. The number of hydrogen-bond acceptors (Lipinski definition) is 5. The molecule has 2 saturated heterocycles. The summed E-state index contributed by atoms with van der Waals surface area (Å²) in [7, 11) is -3.26. The highest BCUT2D eigenvalue weighted by Gasteiger charge is 2.37. The summed E-state index contributed by atoms with van der Waals surface area (Å²) in [6.07, 6.45) is 3.46. The predicted molar refractivity (Wildman–Crippen MR) is 125 cm³/mol. The van der Waals surface area contributed by atoms with Crippen LogP contribution in [0.25, 0.3) is 11.1 Å². The number of nitrogens with zero attached hydrogens (tertiary/aromatic N) is 2. The van der Waals surface area contributed by atoms with E-state index >= 15 is 0 Å². The van der Waals surface area contributed by atoms with E-state index in [-0.39, 0.29) is 22.8 Å². The summed E-state index contributed by atoms with van der Waals surface area (Å²) in [6, 6.07) is 10.2. The first-order valence-electron chi connectivity index (χ1n) is 10.7. The van der Waals surface area contributed by atoms with Crippen LogP contribution in [0.5, 0.6) is 0 Å². The molecule has 2 aliphatic heterocycles. The van der Waals surface area contributed by atoms with Gasteiger partial charge in [0.15, 0.2) is 9.84 Å². The Balaban J connectivity index is 1.49. The molecule has 2 aliphatic rings. The Hall–Kier alpha value is -1.64. The molecule has 4 rings (SSSR count). The fourth-order valence-electron chi connectivity index (χ4n) is 4.39. The molecule has 1 amide bonds. The number of halogens is 2. The molecular formula is C23H26Cl2N2O4S. The van der Waals surface area contributed by atoms with Gasteiger partial charge in [0.05, 0.1) is 11.0 Å². The highest BCUT2D eigenvalue weighted by molar-refractivity contribution is 7.90. The maximum absolute atomic E-state index is 13.0. The Kier molecular flexibility index (Phi) is 6.84. The van der Waals surface area contributed by atoms with Gasteiger partial charge in [0.25, 0.3) is 0 Å². The van der Waals surface area contributed by atoms with E-state index in [0.717, 1.165) is 23.1 Å². The van der Waals surface area contributed by atoms with Crippen molar-refractivity contribution in [3.05, 3.63) is 52.0 Å². The lowest BCUT2D eigenvalue weighted by Gasteiger charge is -2.36. The fraction of sp³-hybridized carbons (Fsp3) is 0.435. The Morgan fingerprint density at radius 3 is 2.12 bits per heavy atom. The van der Waals surface area contributed by atoms with Crippen molar-refractivity contribution in [1.82, 2.24) is 10.0 Å².